The molecule has 0 aromatic heterocycles. The Hall–Kier alpha value is -0.610. The highest BCUT2D eigenvalue weighted by Gasteiger charge is 2.19. The number of carbonyl (C=O) groups is 1. The smallest absolute Gasteiger partial charge is 0.220 e. The molecule has 0 rings (SSSR count). The molecule has 1 amide bonds. The number of hydrogen-bond acceptors (Lipinski definition) is 3. The largest absolute Gasteiger partial charge is 0.394 e. The maximum atomic E-state index is 12.1. The van der Waals surface area contributed by atoms with Crippen LogP contribution in [0.4, 0.5) is 0 Å². The first-order chi connectivity index (χ1) is 14.2. The highest BCUT2D eigenvalue weighted by atomic mass is 16.3. The van der Waals surface area contributed by atoms with Crippen molar-refractivity contribution in [3.63, 3.8) is 0 Å². The molecular weight excluding hydrogens is 362 g/mol. The van der Waals surface area contributed by atoms with Gasteiger partial charge >= 0.3 is 0 Å². The summed E-state index contributed by atoms with van der Waals surface area (Å²) in [4.78, 5) is 12.1. The van der Waals surface area contributed by atoms with Crippen molar-refractivity contribution in [1.29, 1.82) is 0 Å². The number of hydrogen-bond donors (Lipinski definition) is 3. The molecular formula is C25H51NO3. The summed E-state index contributed by atoms with van der Waals surface area (Å²) in [6.07, 6.45) is 21.5. The standard InChI is InChI=1S/C25H51NO3/c1-3-5-7-9-11-12-13-14-15-17-19-21-25(29)26-23(22-27)24(28)20-18-16-10-8-6-4-2/h23-24,27-28H,3-22H2,1-2H3,(H,26,29). The van der Waals surface area contributed by atoms with Gasteiger partial charge in [-0.1, -0.05) is 117 Å². The molecule has 4 heteroatoms. The zero-order chi connectivity index (χ0) is 21.6. The number of carbonyl (C=O) groups excluding carboxylic acids is 1. The lowest BCUT2D eigenvalue weighted by molar-refractivity contribution is -0.123. The number of amides is 1. The van der Waals surface area contributed by atoms with Crippen molar-refractivity contribution in [2.75, 3.05) is 6.61 Å². The Kier molecular flexibility index (Phi) is 21.6. The Labute approximate surface area is 181 Å². The Morgan fingerprint density at radius 3 is 1.55 bits per heavy atom. The first-order valence-corrected chi connectivity index (χ1v) is 12.7. The summed E-state index contributed by atoms with van der Waals surface area (Å²) in [5.74, 6) is -0.0398. The molecule has 3 N–H and O–H groups in total. The van der Waals surface area contributed by atoms with Gasteiger partial charge in [0.15, 0.2) is 0 Å². The molecule has 0 saturated heterocycles. The topological polar surface area (TPSA) is 69.6 Å². The van der Waals surface area contributed by atoms with Crippen LogP contribution in [0.1, 0.15) is 136 Å². The predicted molar refractivity (Wildman–Crippen MR) is 124 cm³/mol. The van der Waals surface area contributed by atoms with Crippen LogP contribution in [-0.4, -0.2) is 34.9 Å². The van der Waals surface area contributed by atoms with E-state index in [-0.39, 0.29) is 12.5 Å². The van der Waals surface area contributed by atoms with Crippen molar-refractivity contribution in [3.8, 4) is 0 Å². The lowest BCUT2D eigenvalue weighted by Crippen LogP contribution is -2.45. The summed E-state index contributed by atoms with van der Waals surface area (Å²) in [6.45, 7) is 4.26. The molecule has 4 nitrogen and oxygen atoms in total. The van der Waals surface area contributed by atoms with Crippen LogP contribution in [-0.2, 0) is 4.79 Å². The van der Waals surface area contributed by atoms with Crippen LogP contribution in [0, 0.1) is 0 Å². The molecule has 0 aliphatic rings. The molecule has 29 heavy (non-hydrogen) atoms. The molecule has 2 atom stereocenters. The summed E-state index contributed by atoms with van der Waals surface area (Å²) in [7, 11) is 0. The number of nitrogens with one attached hydrogen (secondary N) is 1. The monoisotopic (exact) mass is 413 g/mol. The van der Waals surface area contributed by atoms with Crippen molar-refractivity contribution in [2.45, 2.75) is 148 Å². The molecule has 0 radical (unpaired) electrons. The Balaban J connectivity index is 3.62. The minimum atomic E-state index is -0.646. The normalized spacial score (nSPS) is 13.4. The third-order valence-electron chi connectivity index (χ3n) is 5.87. The van der Waals surface area contributed by atoms with Gasteiger partial charge < -0.3 is 15.5 Å². The fourth-order valence-corrected chi connectivity index (χ4v) is 3.83. The van der Waals surface area contributed by atoms with Crippen LogP contribution >= 0.6 is 0 Å². The maximum absolute atomic E-state index is 12.1. The molecule has 0 aliphatic carbocycles. The fraction of sp³-hybridized carbons (Fsp3) is 0.960. The summed E-state index contributed by atoms with van der Waals surface area (Å²) in [6, 6.07) is -0.522. The van der Waals surface area contributed by atoms with Crippen molar-refractivity contribution in [3.05, 3.63) is 0 Å². The molecule has 0 bridgehead atoms. The van der Waals surface area contributed by atoms with Crippen LogP contribution in [0.2, 0.25) is 0 Å². The zero-order valence-corrected chi connectivity index (χ0v) is 19.6. The lowest BCUT2D eigenvalue weighted by atomic mass is 10.0. The van der Waals surface area contributed by atoms with Crippen molar-refractivity contribution < 1.29 is 15.0 Å². The summed E-state index contributed by atoms with van der Waals surface area (Å²) >= 11 is 0. The van der Waals surface area contributed by atoms with Gasteiger partial charge in [-0.2, -0.15) is 0 Å². The van der Waals surface area contributed by atoms with Gasteiger partial charge in [-0.05, 0) is 12.8 Å². The Morgan fingerprint density at radius 2 is 1.10 bits per heavy atom. The van der Waals surface area contributed by atoms with E-state index in [1.165, 1.54) is 83.5 Å². The molecule has 174 valence electrons. The van der Waals surface area contributed by atoms with Gasteiger partial charge in [-0.15, -0.1) is 0 Å². The number of unbranched alkanes of at least 4 members (excludes halogenated alkanes) is 15. The van der Waals surface area contributed by atoms with Crippen molar-refractivity contribution in [2.24, 2.45) is 0 Å². The number of aliphatic hydroxyl groups excluding tert-OH is 2. The second-order valence-corrected chi connectivity index (χ2v) is 8.77. The van der Waals surface area contributed by atoms with Gasteiger partial charge in [0.2, 0.25) is 5.91 Å². The van der Waals surface area contributed by atoms with Crippen LogP contribution in [0.15, 0.2) is 0 Å². The Bertz CT molecular complexity index is 349. The number of rotatable bonds is 22. The second kappa shape index (κ2) is 22.1. The molecule has 0 heterocycles. The van der Waals surface area contributed by atoms with Gasteiger partial charge in [-0.3, -0.25) is 4.79 Å². The van der Waals surface area contributed by atoms with E-state index in [0.717, 1.165) is 25.7 Å². The molecule has 0 aromatic carbocycles. The fourth-order valence-electron chi connectivity index (χ4n) is 3.83. The van der Waals surface area contributed by atoms with E-state index in [2.05, 4.69) is 19.2 Å². The lowest BCUT2D eigenvalue weighted by Gasteiger charge is -2.22. The van der Waals surface area contributed by atoms with Crippen molar-refractivity contribution in [1.82, 2.24) is 5.32 Å². The molecule has 0 saturated carbocycles. The van der Waals surface area contributed by atoms with Gasteiger partial charge in [-0.25, -0.2) is 0 Å². The zero-order valence-electron chi connectivity index (χ0n) is 19.6. The molecule has 2 unspecified atom stereocenters. The quantitative estimate of drug-likeness (QED) is 0.183. The first kappa shape index (κ1) is 28.4. The highest BCUT2D eigenvalue weighted by Crippen LogP contribution is 2.13. The summed E-state index contributed by atoms with van der Waals surface area (Å²) < 4.78 is 0. The summed E-state index contributed by atoms with van der Waals surface area (Å²) in [5.41, 5.74) is 0. The average molecular weight is 414 g/mol. The van der Waals surface area contributed by atoms with Gasteiger partial charge in [0, 0.05) is 6.42 Å². The second-order valence-electron chi connectivity index (χ2n) is 8.77. The minimum absolute atomic E-state index is 0.0398. The van der Waals surface area contributed by atoms with Gasteiger partial charge in [0.05, 0.1) is 18.8 Å². The third-order valence-corrected chi connectivity index (χ3v) is 5.87. The summed E-state index contributed by atoms with van der Waals surface area (Å²) in [5, 5.41) is 22.6. The van der Waals surface area contributed by atoms with Crippen LogP contribution in [0.25, 0.3) is 0 Å². The third kappa shape index (κ3) is 19.1. The SMILES string of the molecule is CCCCCCCCCCCCCC(=O)NC(CO)C(O)CCCCCCCC. The Morgan fingerprint density at radius 1 is 0.690 bits per heavy atom. The van der Waals surface area contributed by atoms with E-state index in [1.807, 2.05) is 0 Å². The van der Waals surface area contributed by atoms with E-state index in [4.69, 9.17) is 0 Å². The average Bonchev–Trinajstić information content (AvgIpc) is 2.72. The number of aliphatic hydroxyl groups is 2. The highest BCUT2D eigenvalue weighted by molar-refractivity contribution is 5.76. The van der Waals surface area contributed by atoms with Crippen LogP contribution < -0.4 is 5.32 Å². The minimum Gasteiger partial charge on any atom is -0.394 e. The first-order valence-electron chi connectivity index (χ1n) is 12.7. The maximum Gasteiger partial charge on any atom is 0.220 e. The van der Waals surface area contributed by atoms with Crippen LogP contribution in [0.3, 0.4) is 0 Å². The predicted octanol–water partition coefficient (Wildman–Crippen LogP) is 6.28. The van der Waals surface area contributed by atoms with Gasteiger partial charge in [0.1, 0.15) is 0 Å². The van der Waals surface area contributed by atoms with E-state index in [0.29, 0.717) is 12.8 Å². The van der Waals surface area contributed by atoms with E-state index in [1.54, 1.807) is 0 Å². The van der Waals surface area contributed by atoms with Gasteiger partial charge in [0.25, 0.3) is 0 Å². The molecule has 0 aromatic rings. The van der Waals surface area contributed by atoms with Crippen molar-refractivity contribution >= 4 is 5.91 Å². The molecule has 0 fully saturated rings. The van der Waals surface area contributed by atoms with E-state index >= 15 is 0 Å². The van der Waals surface area contributed by atoms with E-state index in [9.17, 15) is 15.0 Å². The van der Waals surface area contributed by atoms with E-state index < -0.39 is 12.1 Å². The molecule has 0 spiro atoms. The van der Waals surface area contributed by atoms with Crippen LogP contribution in [0.5, 0.6) is 0 Å². The molecule has 0 aliphatic heterocycles.